The standard InChI is InChI=1S/C14H17ClFN3S/c1-8-9(2)20-13(18-8)7-11(19-17)6-10-4-3-5-12(15)14(10)16/h3-5,11,19H,6-7,17H2,1-2H3. The smallest absolute Gasteiger partial charge is 0.145 e. The average molecular weight is 314 g/mol. The first-order valence-corrected chi connectivity index (χ1v) is 7.52. The first-order valence-electron chi connectivity index (χ1n) is 6.33. The third kappa shape index (κ3) is 3.55. The van der Waals surface area contributed by atoms with Gasteiger partial charge < -0.3 is 0 Å². The molecule has 1 atom stereocenters. The normalized spacial score (nSPS) is 12.7. The Morgan fingerprint density at radius 2 is 2.15 bits per heavy atom. The van der Waals surface area contributed by atoms with E-state index in [1.165, 1.54) is 4.88 Å². The second-order valence-electron chi connectivity index (χ2n) is 4.73. The highest BCUT2D eigenvalue weighted by molar-refractivity contribution is 7.11. The molecule has 0 fully saturated rings. The van der Waals surface area contributed by atoms with E-state index in [-0.39, 0.29) is 16.9 Å². The van der Waals surface area contributed by atoms with Gasteiger partial charge in [-0.2, -0.15) is 0 Å². The average Bonchev–Trinajstić information content (AvgIpc) is 2.73. The van der Waals surface area contributed by atoms with Crippen molar-refractivity contribution in [3.8, 4) is 0 Å². The van der Waals surface area contributed by atoms with Gasteiger partial charge in [-0.15, -0.1) is 11.3 Å². The molecule has 1 aromatic carbocycles. The van der Waals surface area contributed by atoms with Crippen LogP contribution in [0.25, 0.3) is 0 Å². The van der Waals surface area contributed by atoms with Crippen LogP contribution in [0.5, 0.6) is 0 Å². The minimum Gasteiger partial charge on any atom is -0.271 e. The van der Waals surface area contributed by atoms with E-state index in [0.29, 0.717) is 18.4 Å². The third-order valence-electron chi connectivity index (χ3n) is 3.23. The molecule has 3 nitrogen and oxygen atoms in total. The minimum absolute atomic E-state index is 0.0760. The van der Waals surface area contributed by atoms with Crippen molar-refractivity contribution in [1.29, 1.82) is 0 Å². The van der Waals surface area contributed by atoms with Crippen molar-refractivity contribution in [3.05, 3.63) is 50.2 Å². The predicted molar refractivity (Wildman–Crippen MR) is 81.5 cm³/mol. The Morgan fingerprint density at radius 1 is 1.40 bits per heavy atom. The molecular weight excluding hydrogens is 297 g/mol. The van der Waals surface area contributed by atoms with E-state index in [1.807, 2.05) is 13.8 Å². The second-order valence-corrected chi connectivity index (χ2v) is 6.43. The number of hydrogen-bond acceptors (Lipinski definition) is 4. The number of thiazole rings is 1. The van der Waals surface area contributed by atoms with Gasteiger partial charge in [-0.05, 0) is 31.9 Å². The molecule has 0 spiro atoms. The van der Waals surface area contributed by atoms with Crippen LogP contribution in [-0.2, 0) is 12.8 Å². The number of hydrogen-bond donors (Lipinski definition) is 2. The summed E-state index contributed by atoms with van der Waals surface area (Å²) in [6, 6.07) is 4.93. The molecule has 3 N–H and O–H groups in total. The zero-order valence-electron chi connectivity index (χ0n) is 11.4. The summed E-state index contributed by atoms with van der Waals surface area (Å²) < 4.78 is 13.9. The van der Waals surface area contributed by atoms with Crippen molar-refractivity contribution in [2.45, 2.75) is 32.7 Å². The molecule has 0 bridgehead atoms. The Labute approximate surface area is 127 Å². The van der Waals surface area contributed by atoms with Crippen molar-refractivity contribution in [3.63, 3.8) is 0 Å². The summed E-state index contributed by atoms with van der Waals surface area (Å²) in [5.74, 6) is 5.20. The molecule has 0 amide bonds. The number of nitrogens with zero attached hydrogens (tertiary/aromatic N) is 1. The molecule has 108 valence electrons. The van der Waals surface area contributed by atoms with Gasteiger partial charge in [0.2, 0.25) is 0 Å². The molecule has 6 heteroatoms. The van der Waals surface area contributed by atoms with Gasteiger partial charge >= 0.3 is 0 Å². The van der Waals surface area contributed by atoms with Crippen molar-refractivity contribution in [1.82, 2.24) is 10.4 Å². The molecule has 0 aliphatic rings. The van der Waals surface area contributed by atoms with Crippen molar-refractivity contribution < 1.29 is 4.39 Å². The third-order valence-corrected chi connectivity index (χ3v) is 4.61. The molecule has 2 aromatic rings. The maximum atomic E-state index is 13.9. The Morgan fingerprint density at radius 3 is 2.75 bits per heavy atom. The summed E-state index contributed by atoms with van der Waals surface area (Å²) in [4.78, 5) is 5.68. The molecule has 0 saturated heterocycles. The first-order chi connectivity index (χ1) is 9.51. The van der Waals surface area contributed by atoms with Crippen LogP contribution in [0.1, 0.15) is 21.1 Å². The number of hydrazine groups is 1. The van der Waals surface area contributed by atoms with Gasteiger partial charge in [0.25, 0.3) is 0 Å². The highest BCUT2D eigenvalue weighted by Gasteiger charge is 2.15. The summed E-state index contributed by atoms with van der Waals surface area (Å²) in [5, 5.41) is 1.14. The van der Waals surface area contributed by atoms with E-state index in [0.717, 1.165) is 10.7 Å². The molecular formula is C14H17ClFN3S. The number of aryl methyl sites for hydroxylation is 2. The Hall–Kier alpha value is -1.01. The summed E-state index contributed by atoms with van der Waals surface area (Å²) in [7, 11) is 0. The largest absolute Gasteiger partial charge is 0.271 e. The SMILES string of the molecule is Cc1nc(CC(Cc2cccc(Cl)c2F)NN)sc1C. The lowest BCUT2D eigenvalue weighted by molar-refractivity contribution is 0.505. The van der Waals surface area contributed by atoms with E-state index in [1.54, 1.807) is 29.5 Å². The fourth-order valence-electron chi connectivity index (χ4n) is 2.00. The Kier molecular flexibility index (Phi) is 5.10. The highest BCUT2D eigenvalue weighted by Crippen LogP contribution is 2.21. The lowest BCUT2D eigenvalue weighted by Crippen LogP contribution is -2.38. The topological polar surface area (TPSA) is 50.9 Å². The summed E-state index contributed by atoms with van der Waals surface area (Å²) in [6.45, 7) is 4.02. The van der Waals surface area contributed by atoms with Crippen molar-refractivity contribution >= 4 is 22.9 Å². The lowest BCUT2D eigenvalue weighted by atomic mass is 10.0. The molecule has 0 aliphatic heterocycles. The molecule has 0 aliphatic carbocycles. The monoisotopic (exact) mass is 313 g/mol. The van der Waals surface area contributed by atoms with Crippen molar-refractivity contribution in [2.75, 3.05) is 0 Å². The summed E-state index contributed by atoms with van der Waals surface area (Å²) >= 11 is 7.44. The summed E-state index contributed by atoms with van der Waals surface area (Å²) in [6.07, 6.45) is 1.14. The fourth-order valence-corrected chi connectivity index (χ4v) is 3.21. The maximum Gasteiger partial charge on any atom is 0.145 e. The zero-order chi connectivity index (χ0) is 14.7. The molecule has 2 rings (SSSR count). The van der Waals surface area contributed by atoms with Crippen LogP contribution in [0.3, 0.4) is 0 Å². The van der Waals surface area contributed by atoms with Crippen LogP contribution in [0, 0.1) is 19.7 Å². The van der Waals surface area contributed by atoms with Crippen LogP contribution in [0.2, 0.25) is 5.02 Å². The number of halogens is 2. The number of benzene rings is 1. The van der Waals surface area contributed by atoms with Crippen LogP contribution in [-0.4, -0.2) is 11.0 Å². The first kappa shape index (κ1) is 15.4. The van der Waals surface area contributed by atoms with E-state index in [2.05, 4.69) is 10.4 Å². The van der Waals surface area contributed by atoms with E-state index >= 15 is 0 Å². The summed E-state index contributed by atoms with van der Waals surface area (Å²) in [5.41, 5.74) is 4.33. The number of rotatable bonds is 5. The Balaban J connectivity index is 2.11. The quantitative estimate of drug-likeness (QED) is 0.658. The molecule has 0 radical (unpaired) electrons. The molecule has 1 aromatic heterocycles. The molecule has 1 unspecified atom stereocenters. The van der Waals surface area contributed by atoms with Gasteiger partial charge in [-0.25, -0.2) is 9.37 Å². The number of nitrogens with one attached hydrogen (secondary N) is 1. The van der Waals surface area contributed by atoms with Crippen molar-refractivity contribution in [2.24, 2.45) is 5.84 Å². The second kappa shape index (κ2) is 6.63. The van der Waals surface area contributed by atoms with Gasteiger partial charge in [0, 0.05) is 17.3 Å². The van der Waals surface area contributed by atoms with Gasteiger partial charge in [-0.3, -0.25) is 11.3 Å². The highest BCUT2D eigenvalue weighted by atomic mass is 35.5. The van der Waals surface area contributed by atoms with Crippen LogP contribution in [0.15, 0.2) is 18.2 Å². The van der Waals surface area contributed by atoms with E-state index < -0.39 is 0 Å². The van der Waals surface area contributed by atoms with Gasteiger partial charge in [0.05, 0.1) is 15.7 Å². The van der Waals surface area contributed by atoms with Crippen LogP contribution >= 0.6 is 22.9 Å². The predicted octanol–water partition coefficient (Wildman–Crippen LogP) is 3.17. The fraction of sp³-hybridized carbons (Fsp3) is 0.357. The van der Waals surface area contributed by atoms with Crippen LogP contribution < -0.4 is 11.3 Å². The van der Waals surface area contributed by atoms with E-state index in [4.69, 9.17) is 17.4 Å². The minimum atomic E-state index is -0.374. The molecule has 0 saturated carbocycles. The molecule has 1 heterocycles. The number of nitrogens with two attached hydrogens (primary N) is 1. The molecule has 20 heavy (non-hydrogen) atoms. The van der Waals surface area contributed by atoms with Gasteiger partial charge in [0.1, 0.15) is 5.82 Å². The number of aromatic nitrogens is 1. The van der Waals surface area contributed by atoms with E-state index in [9.17, 15) is 4.39 Å². The Bertz CT molecular complexity index is 581. The lowest BCUT2D eigenvalue weighted by Gasteiger charge is -2.15. The van der Waals surface area contributed by atoms with Gasteiger partial charge in [-0.1, -0.05) is 23.7 Å². The van der Waals surface area contributed by atoms with Crippen LogP contribution in [0.4, 0.5) is 4.39 Å². The maximum absolute atomic E-state index is 13.9. The van der Waals surface area contributed by atoms with Gasteiger partial charge in [0.15, 0.2) is 0 Å². The zero-order valence-corrected chi connectivity index (χ0v) is 13.0.